The fourth-order valence-electron chi connectivity index (χ4n) is 1.98. The Balaban J connectivity index is 2.03. The summed E-state index contributed by atoms with van der Waals surface area (Å²) in [7, 11) is 0. The molecule has 0 fully saturated rings. The van der Waals surface area contributed by atoms with E-state index in [-0.39, 0.29) is 0 Å². The molecular weight excluding hydrogens is 276 g/mol. The molecule has 2 heterocycles. The summed E-state index contributed by atoms with van der Waals surface area (Å²) in [5, 5.41) is 1.17. The smallest absolute Gasteiger partial charge is 0.108 e. The van der Waals surface area contributed by atoms with E-state index in [0.717, 1.165) is 11.1 Å². The molecule has 2 aromatic heterocycles. The molecule has 1 aromatic carbocycles. The van der Waals surface area contributed by atoms with Gasteiger partial charge in [-0.3, -0.25) is 0 Å². The van der Waals surface area contributed by atoms with Gasteiger partial charge in [-0.1, -0.05) is 30.3 Å². The number of rotatable bonds is 2. The first-order chi connectivity index (χ1) is 8.33. The summed E-state index contributed by atoms with van der Waals surface area (Å²) in [4.78, 5) is 4.23. The van der Waals surface area contributed by atoms with Crippen molar-refractivity contribution in [1.82, 2.24) is 9.55 Å². The summed E-state index contributed by atoms with van der Waals surface area (Å²) >= 11 is 3.41. The first-order valence-corrected chi connectivity index (χ1v) is 6.26. The third-order valence-corrected chi connectivity index (χ3v) is 3.25. The van der Waals surface area contributed by atoms with Crippen molar-refractivity contribution in [3.63, 3.8) is 0 Å². The van der Waals surface area contributed by atoms with Crippen molar-refractivity contribution in [1.29, 1.82) is 0 Å². The molecule has 0 amide bonds. The molecule has 3 rings (SSSR count). The van der Waals surface area contributed by atoms with Gasteiger partial charge in [0.1, 0.15) is 4.60 Å². The molecule has 0 saturated carbocycles. The van der Waals surface area contributed by atoms with Crippen LogP contribution in [0.1, 0.15) is 5.56 Å². The highest BCUT2D eigenvalue weighted by Crippen LogP contribution is 2.19. The topological polar surface area (TPSA) is 17.8 Å². The van der Waals surface area contributed by atoms with Crippen molar-refractivity contribution in [3.8, 4) is 0 Å². The molecule has 0 aliphatic heterocycles. The zero-order chi connectivity index (χ0) is 11.7. The summed E-state index contributed by atoms with van der Waals surface area (Å²) in [6.45, 7) is 0.890. The van der Waals surface area contributed by atoms with Crippen LogP contribution in [-0.4, -0.2) is 9.55 Å². The Hall–Kier alpha value is -1.61. The minimum absolute atomic E-state index is 0.873. The first-order valence-electron chi connectivity index (χ1n) is 5.47. The highest BCUT2D eigenvalue weighted by atomic mass is 79.9. The molecule has 84 valence electrons. The molecule has 0 aliphatic carbocycles. The van der Waals surface area contributed by atoms with Gasteiger partial charge >= 0.3 is 0 Å². The Labute approximate surface area is 108 Å². The largest absolute Gasteiger partial charge is 0.343 e. The maximum Gasteiger partial charge on any atom is 0.108 e. The number of benzene rings is 1. The Morgan fingerprint density at radius 1 is 1.12 bits per heavy atom. The summed E-state index contributed by atoms with van der Waals surface area (Å²) in [6.07, 6.45) is 3.99. The van der Waals surface area contributed by atoms with Crippen LogP contribution < -0.4 is 0 Å². The van der Waals surface area contributed by atoms with Gasteiger partial charge in [0.05, 0.1) is 5.52 Å². The molecule has 2 nitrogen and oxygen atoms in total. The van der Waals surface area contributed by atoms with E-state index >= 15 is 0 Å². The van der Waals surface area contributed by atoms with E-state index in [1.807, 2.05) is 12.3 Å². The average Bonchev–Trinajstić information content (AvgIpc) is 2.73. The fraction of sp³-hybridized carbons (Fsp3) is 0.0714. The minimum Gasteiger partial charge on any atom is -0.343 e. The normalized spacial score (nSPS) is 10.9. The number of hydrogen-bond acceptors (Lipinski definition) is 1. The van der Waals surface area contributed by atoms with Crippen LogP contribution >= 0.6 is 15.9 Å². The van der Waals surface area contributed by atoms with Gasteiger partial charge in [0.15, 0.2) is 0 Å². The zero-order valence-corrected chi connectivity index (χ0v) is 10.8. The van der Waals surface area contributed by atoms with E-state index in [2.05, 4.69) is 68.1 Å². The van der Waals surface area contributed by atoms with Crippen LogP contribution in [0.3, 0.4) is 0 Å². The van der Waals surface area contributed by atoms with Crippen LogP contribution in [0.15, 0.2) is 59.5 Å². The van der Waals surface area contributed by atoms with Crippen LogP contribution in [0.2, 0.25) is 0 Å². The van der Waals surface area contributed by atoms with Gasteiger partial charge in [0.2, 0.25) is 0 Å². The number of pyridine rings is 1. The van der Waals surface area contributed by atoms with Gasteiger partial charge < -0.3 is 4.57 Å². The van der Waals surface area contributed by atoms with E-state index in [4.69, 9.17) is 0 Å². The lowest BCUT2D eigenvalue weighted by Crippen LogP contribution is -1.97. The fourth-order valence-corrected chi connectivity index (χ4v) is 2.30. The molecule has 17 heavy (non-hydrogen) atoms. The van der Waals surface area contributed by atoms with Gasteiger partial charge in [0, 0.05) is 24.3 Å². The second kappa shape index (κ2) is 4.34. The first kappa shape index (κ1) is 10.5. The predicted molar refractivity (Wildman–Crippen MR) is 73.0 cm³/mol. The number of fused-ring (bicyclic) bond motifs is 1. The maximum atomic E-state index is 4.23. The Morgan fingerprint density at radius 2 is 1.94 bits per heavy atom. The molecule has 0 atom stereocenters. The molecule has 0 unspecified atom stereocenters. The van der Waals surface area contributed by atoms with Crippen LogP contribution in [0.5, 0.6) is 0 Å². The highest BCUT2D eigenvalue weighted by molar-refractivity contribution is 9.10. The van der Waals surface area contributed by atoms with Gasteiger partial charge in [-0.25, -0.2) is 4.98 Å². The van der Waals surface area contributed by atoms with E-state index in [9.17, 15) is 0 Å². The van der Waals surface area contributed by atoms with Crippen molar-refractivity contribution in [3.05, 3.63) is 65.0 Å². The van der Waals surface area contributed by atoms with Crippen LogP contribution in [0.25, 0.3) is 10.9 Å². The van der Waals surface area contributed by atoms with E-state index in [1.54, 1.807) is 0 Å². The Kier molecular flexibility index (Phi) is 2.69. The van der Waals surface area contributed by atoms with Crippen molar-refractivity contribution in [2.24, 2.45) is 0 Å². The van der Waals surface area contributed by atoms with Crippen molar-refractivity contribution in [2.45, 2.75) is 6.54 Å². The molecule has 0 radical (unpaired) electrons. The van der Waals surface area contributed by atoms with Crippen LogP contribution in [0.4, 0.5) is 0 Å². The quantitative estimate of drug-likeness (QED) is 0.655. The van der Waals surface area contributed by atoms with Gasteiger partial charge in [-0.05, 0) is 33.6 Å². The summed E-state index contributed by atoms with van der Waals surface area (Å²) < 4.78 is 3.11. The van der Waals surface area contributed by atoms with Crippen molar-refractivity contribution >= 4 is 26.8 Å². The third-order valence-electron chi connectivity index (χ3n) is 2.82. The molecule has 3 heteroatoms. The second-order valence-corrected chi connectivity index (χ2v) is 4.81. The molecule has 3 aromatic rings. The SMILES string of the molecule is Brc1cc2c(ccn2Cc2ccccc2)cn1. The molecule has 0 saturated heterocycles. The van der Waals surface area contributed by atoms with E-state index in [1.165, 1.54) is 16.5 Å². The summed E-state index contributed by atoms with van der Waals surface area (Å²) in [6, 6.07) is 14.6. The van der Waals surface area contributed by atoms with E-state index < -0.39 is 0 Å². The molecule has 0 aliphatic rings. The minimum atomic E-state index is 0.873. The van der Waals surface area contributed by atoms with E-state index in [0.29, 0.717) is 0 Å². The molecule has 0 spiro atoms. The van der Waals surface area contributed by atoms with Gasteiger partial charge in [0.25, 0.3) is 0 Å². The van der Waals surface area contributed by atoms with Crippen LogP contribution in [-0.2, 0) is 6.54 Å². The zero-order valence-electron chi connectivity index (χ0n) is 9.18. The third kappa shape index (κ3) is 2.11. The second-order valence-electron chi connectivity index (χ2n) is 4.00. The summed E-state index contributed by atoms with van der Waals surface area (Å²) in [5.74, 6) is 0. The maximum absolute atomic E-state index is 4.23. The predicted octanol–water partition coefficient (Wildman–Crippen LogP) is 3.85. The lowest BCUT2D eigenvalue weighted by molar-refractivity contribution is 0.836. The van der Waals surface area contributed by atoms with Gasteiger partial charge in [-0.15, -0.1) is 0 Å². The van der Waals surface area contributed by atoms with Gasteiger partial charge in [-0.2, -0.15) is 0 Å². The lowest BCUT2D eigenvalue weighted by Gasteiger charge is -2.05. The monoisotopic (exact) mass is 286 g/mol. The number of halogens is 1. The molecular formula is C14H11BrN2. The standard InChI is InChI=1S/C14H11BrN2/c15-14-8-13-12(9-16-14)6-7-17(13)10-11-4-2-1-3-5-11/h1-9H,10H2. The summed E-state index contributed by atoms with van der Waals surface area (Å²) in [5.41, 5.74) is 2.51. The number of hydrogen-bond donors (Lipinski definition) is 0. The lowest BCUT2D eigenvalue weighted by atomic mass is 10.2. The highest BCUT2D eigenvalue weighted by Gasteiger charge is 2.02. The number of nitrogens with zero attached hydrogens (tertiary/aromatic N) is 2. The number of aromatic nitrogens is 2. The molecule has 0 N–H and O–H groups in total. The van der Waals surface area contributed by atoms with Crippen molar-refractivity contribution < 1.29 is 0 Å². The average molecular weight is 287 g/mol. The Bertz CT molecular complexity index is 644. The van der Waals surface area contributed by atoms with Crippen molar-refractivity contribution in [2.75, 3.05) is 0 Å². The van der Waals surface area contributed by atoms with Crippen LogP contribution in [0, 0.1) is 0 Å². The Morgan fingerprint density at radius 3 is 2.76 bits per heavy atom. The molecule has 0 bridgehead atoms.